The third-order valence-corrected chi connectivity index (χ3v) is 7.81. The molecule has 0 atom stereocenters. The molecule has 0 amide bonds. The molecule has 0 saturated heterocycles. The topological polar surface area (TPSA) is 0 Å². The molecule has 3 aromatic carbocycles. The Morgan fingerprint density at radius 2 is 0.773 bits per heavy atom. The summed E-state index contributed by atoms with van der Waals surface area (Å²) >= 11 is 0. The predicted molar refractivity (Wildman–Crippen MR) is 109 cm³/mol. The average Bonchev–Trinajstić information content (AvgIpc) is 2.56. The van der Waals surface area contributed by atoms with Gasteiger partial charge in [-0.2, -0.15) is 0 Å². The van der Waals surface area contributed by atoms with Gasteiger partial charge in [0.05, 0.1) is 6.66 Å². The van der Waals surface area contributed by atoms with Crippen molar-refractivity contribution in [2.75, 3.05) is 6.66 Å². The summed E-state index contributed by atoms with van der Waals surface area (Å²) in [6, 6.07) is 32.6. The van der Waals surface area contributed by atoms with Gasteiger partial charge in [0.15, 0.2) is 0 Å². The first-order valence-electron chi connectivity index (χ1n) is 6.85. The van der Waals surface area contributed by atoms with Gasteiger partial charge in [0.2, 0.25) is 0 Å². The summed E-state index contributed by atoms with van der Waals surface area (Å²) in [5, 5.41) is 4.28. The van der Waals surface area contributed by atoms with Crippen LogP contribution < -0.4 is 15.9 Å². The van der Waals surface area contributed by atoms with E-state index in [1.54, 1.807) is 0 Å². The first kappa shape index (κ1) is 19.4. The molecule has 0 spiro atoms. The van der Waals surface area contributed by atoms with E-state index in [9.17, 15) is 0 Å². The van der Waals surface area contributed by atoms with Gasteiger partial charge in [-0.1, -0.05) is 54.6 Å². The minimum atomic E-state index is -1.53. The average molecular weight is 385 g/mol. The summed E-state index contributed by atoms with van der Waals surface area (Å²) in [5.74, 6) is 0. The number of hydrogen-bond donors (Lipinski definition) is 0. The van der Waals surface area contributed by atoms with Crippen molar-refractivity contribution in [1.29, 1.82) is 0 Å². The molecule has 0 aliphatic heterocycles. The van der Waals surface area contributed by atoms with Crippen LogP contribution in [0.25, 0.3) is 0 Å². The van der Waals surface area contributed by atoms with Gasteiger partial charge in [0.25, 0.3) is 0 Å². The Morgan fingerprint density at radius 3 is 1.00 bits per heavy atom. The number of rotatable bonds is 3. The maximum atomic E-state index is 2.41. The zero-order valence-corrected chi connectivity index (χ0v) is 16.7. The number of halogens is 1. The zero-order chi connectivity index (χ0) is 13.8. The smallest absolute Gasteiger partial charge is 1.00 e. The number of benzene rings is 3. The Hall–Kier alpha value is -0.664. The van der Waals surface area contributed by atoms with Crippen molar-refractivity contribution in [2.24, 2.45) is 0 Å². The fourth-order valence-electron chi connectivity index (χ4n) is 2.63. The van der Waals surface area contributed by atoms with Crippen LogP contribution in [0, 0.1) is 0 Å². The van der Waals surface area contributed by atoms with Gasteiger partial charge < -0.3 is 2.85 Å². The van der Waals surface area contributed by atoms with E-state index in [1.165, 1.54) is 15.9 Å². The molecule has 0 N–H and O–H groups in total. The van der Waals surface area contributed by atoms with Crippen LogP contribution in [0.1, 0.15) is 2.85 Å². The van der Waals surface area contributed by atoms with E-state index >= 15 is 0 Å². The fourth-order valence-corrected chi connectivity index (χ4v) is 5.83. The van der Waals surface area contributed by atoms with Gasteiger partial charge in [0, 0.05) is 0 Å². The Balaban J connectivity index is 0. The molecule has 3 aromatic rings. The first-order chi connectivity index (χ1) is 9.82. The molecule has 3 rings (SSSR count). The second kappa shape index (κ2) is 8.83. The van der Waals surface area contributed by atoms with Crippen molar-refractivity contribution >= 4 is 63.2 Å². The Morgan fingerprint density at radius 1 is 0.545 bits per heavy atom. The summed E-state index contributed by atoms with van der Waals surface area (Å²) in [6.45, 7) is 2.41. The fraction of sp³-hybridized carbons (Fsp3) is 0.0526. The van der Waals surface area contributed by atoms with Crippen molar-refractivity contribution in [2.45, 2.75) is 0 Å². The van der Waals surface area contributed by atoms with Crippen LogP contribution in [-0.2, 0) is 0 Å². The molecule has 0 unspecified atom stereocenters. The predicted octanol–water partition coefficient (Wildman–Crippen LogP) is 4.03. The standard InChI is InChI=1S/C19H18P.BrH.Mg.2H/c1-20(17-11-5-2-6-12-17,18-13-7-3-8-14-18)19-15-9-4-10-16-19;;;;/h2-16H,1H3;1H;;;/q+1;;+2;2*-1. The van der Waals surface area contributed by atoms with Crippen molar-refractivity contribution < 1.29 is 2.85 Å². The summed E-state index contributed by atoms with van der Waals surface area (Å²) in [7, 11) is -1.53. The maximum absolute atomic E-state index is 2.41. The summed E-state index contributed by atoms with van der Waals surface area (Å²) in [5.41, 5.74) is 0. The van der Waals surface area contributed by atoms with E-state index in [0.717, 1.165) is 0 Å². The van der Waals surface area contributed by atoms with Gasteiger partial charge >= 0.3 is 23.1 Å². The van der Waals surface area contributed by atoms with Gasteiger partial charge in [-0.05, 0) is 36.4 Å². The van der Waals surface area contributed by atoms with Crippen LogP contribution in [-0.4, -0.2) is 29.7 Å². The molecule has 0 saturated carbocycles. The second-order valence-corrected chi connectivity index (χ2v) is 8.57. The molecule has 110 valence electrons. The molecule has 0 fully saturated rings. The van der Waals surface area contributed by atoms with E-state index < -0.39 is 7.26 Å². The van der Waals surface area contributed by atoms with Gasteiger partial charge in [-0.15, -0.1) is 17.0 Å². The van der Waals surface area contributed by atoms with Crippen LogP contribution in [0.15, 0.2) is 91.0 Å². The molecule has 0 aromatic heterocycles. The third-order valence-electron chi connectivity index (χ3n) is 3.82. The third kappa shape index (κ3) is 3.80. The van der Waals surface area contributed by atoms with Gasteiger partial charge in [0.1, 0.15) is 23.2 Å². The SMILES string of the molecule is Br.C[P+](c1ccccc1)(c1ccccc1)c1ccccc1.[H-].[H-].[Mg+2]. The molecule has 0 aliphatic carbocycles. The van der Waals surface area contributed by atoms with Crippen molar-refractivity contribution in [3.05, 3.63) is 91.0 Å². The van der Waals surface area contributed by atoms with Crippen LogP contribution in [0.3, 0.4) is 0 Å². The van der Waals surface area contributed by atoms with E-state index in [-0.39, 0.29) is 42.9 Å². The molecule has 0 heterocycles. The molecule has 3 heteroatoms. The van der Waals surface area contributed by atoms with Crippen molar-refractivity contribution in [1.82, 2.24) is 0 Å². The molecule has 22 heavy (non-hydrogen) atoms. The minimum absolute atomic E-state index is 0. The largest absolute Gasteiger partial charge is 2.00 e. The summed E-state index contributed by atoms with van der Waals surface area (Å²) in [4.78, 5) is 0. The monoisotopic (exact) mass is 383 g/mol. The molecular weight excluding hydrogens is 363 g/mol. The summed E-state index contributed by atoms with van der Waals surface area (Å²) in [6.07, 6.45) is 0. The van der Waals surface area contributed by atoms with Crippen molar-refractivity contribution in [3.8, 4) is 0 Å². The zero-order valence-electron chi connectivity index (χ0n) is 14.7. The minimum Gasteiger partial charge on any atom is -1.00 e. The van der Waals surface area contributed by atoms with Crippen LogP contribution in [0.2, 0.25) is 0 Å². The molecule has 0 nitrogen and oxygen atoms in total. The molecule has 0 bridgehead atoms. The van der Waals surface area contributed by atoms with Gasteiger partial charge in [-0.25, -0.2) is 0 Å². The van der Waals surface area contributed by atoms with E-state index in [4.69, 9.17) is 0 Å². The number of hydrogen-bond acceptors (Lipinski definition) is 0. The molecule has 0 radical (unpaired) electrons. The Labute approximate surface area is 163 Å². The second-order valence-electron chi connectivity index (χ2n) is 5.01. The van der Waals surface area contributed by atoms with Crippen molar-refractivity contribution in [3.63, 3.8) is 0 Å². The van der Waals surface area contributed by atoms with Crippen LogP contribution in [0.5, 0.6) is 0 Å². The Kier molecular flexibility index (Phi) is 7.78. The van der Waals surface area contributed by atoms with Crippen LogP contribution in [0.4, 0.5) is 0 Å². The van der Waals surface area contributed by atoms with E-state index in [0.29, 0.717) is 0 Å². The molecular formula is C19H21BrMgP+. The molecule has 0 aliphatic rings. The van der Waals surface area contributed by atoms with Crippen LogP contribution >= 0.6 is 24.2 Å². The summed E-state index contributed by atoms with van der Waals surface area (Å²) < 4.78 is 0. The van der Waals surface area contributed by atoms with E-state index in [1.807, 2.05) is 0 Å². The quantitative estimate of drug-likeness (QED) is 0.472. The Bertz CT molecular complexity index is 585. The first-order valence-corrected chi connectivity index (χ1v) is 9.09. The normalized spacial score (nSPS) is 10.2. The van der Waals surface area contributed by atoms with Gasteiger partial charge in [-0.3, -0.25) is 0 Å². The maximum Gasteiger partial charge on any atom is 2.00 e. The van der Waals surface area contributed by atoms with E-state index in [2.05, 4.69) is 97.7 Å².